The molecule has 0 fully saturated rings. The maximum absolute atomic E-state index is 12.5. The predicted octanol–water partition coefficient (Wildman–Crippen LogP) is 1.28. The molecule has 0 aliphatic rings. The molecule has 0 amide bonds. The predicted molar refractivity (Wildman–Crippen MR) is 77.6 cm³/mol. The Balaban J connectivity index is 3.29. The summed E-state index contributed by atoms with van der Waals surface area (Å²) in [5, 5.41) is 11.9. The Bertz CT molecular complexity index is 522. The molecule has 0 saturated carbocycles. The van der Waals surface area contributed by atoms with Crippen LogP contribution in [0.25, 0.3) is 0 Å². The average molecular weight is 352 g/mol. The third kappa shape index (κ3) is 3.88. The van der Waals surface area contributed by atoms with Crippen LogP contribution in [0.4, 0.5) is 5.82 Å². The van der Waals surface area contributed by atoms with Gasteiger partial charge in [0.2, 0.25) is 10.0 Å². The third-order valence-corrected chi connectivity index (χ3v) is 4.90. The largest absolute Gasteiger partial charge is 0.395 e. The fraction of sp³-hybridized carbons (Fsp3) is 0.545. The molecule has 2 N–H and O–H groups in total. The van der Waals surface area contributed by atoms with E-state index >= 15 is 0 Å². The van der Waals surface area contributed by atoms with Crippen molar-refractivity contribution >= 4 is 31.8 Å². The van der Waals surface area contributed by atoms with Crippen molar-refractivity contribution in [2.24, 2.45) is 0 Å². The summed E-state index contributed by atoms with van der Waals surface area (Å²) in [6, 6.07) is 1.51. The molecule has 1 heterocycles. The Hall–Kier alpha value is -0.700. The zero-order valence-corrected chi connectivity index (χ0v) is 13.3. The van der Waals surface area contributed by atoms with E-state index in [9.17, 15) is 8.42 Å². The van der Waals surface area contributed by atoms with E-state index in [-0.39, 0.29) is 18.0 Å². The summed E-state index contributed by atoms with van der Waals surface area (Å²) in [6.45, 7) is 4.31. The van der Waals surface area contributed by atoms with E-state index in [1.165, 1.54) is 10.4 Å². The SMILES string of the molecule is CCNc1ncc(Br)cc1S(=O)(=O)N(CC)CCO. The Morgan fingerprint density at radius 1 is 1.47 bits per heavy atom. The molecule has 0 saturated heterocycles. The van der Waals surface area contributed by atoms with Gasteiger partial charge in [0, 0.05) is 30.3 Å². The summed E-state index contributed by atoms with van der Waals surface area (Å²) in [5.74, 6) is 0.321. The summed E-state index contributed by atoms with van der Waals surface area (Å²) in [7, 11) is -3.67. The highest BCUT2D eigenvalue weighted by Crippen LogP contribution is 2.25. The molecule has 0 bridgehead atoms. The van der Waals surface area contributed by atoms with E-state index in [1.807, 2.05) is 6.92 Å². The standard InChI is InChI=1S/C11H18BrN3O3S/c1-3-13-11-10(7-9(12)8-14-11)19(17,18)15(4-2)5-6-16/h7-8,16H,3-6H2,1-2H3,(H,13,14). The molecule has 0 radical (unpaired) electrons. The van der Waals surface area contributed by atoms with Crippen molar-refractivity contribution < 1.29 is 13.5 Å². The first-order valence-corrected chi connectivity index (χ1v) is 8.21. The van der Waals surface area contributed by atoms with Gasteiger partial charge in [0.25, 0.3) is 0 Å². The zero-order valence-electron chi connectivity index (χ0n) is 10.9. The lowest BCUT2D eigenvalue weighted by molar-refractivity contribution is 0.257. The molecule has 0 aliphatic heterocycles. The number of aromatic nitrogens is 1. The van der Waals surface area contributed by atoms with Gasteiger partial charge in [0.1, 0.15) is 10.7 Å². The first-order chi connectivity index (χ1) is 8.97. The van der Waals surface area contributed by atoms with E-state index in [1.54, 1.807) is 13.1 Å². The van der Waals surface area contributed by atoms with Crippen molar-refractivity contribution in [2.45, 2.75) is 18.7 Å². The molecule has 1 rings (SSSR count). The minimum atomic E-state index is -3.67. The van der Waals surface area contributed by atoms with Crippen molar-refractivity contribution in [2.75, 3.05) is 31.6 Å². The van der Waals surface area contributed by atoms with Crippen LogP contribution >= 0.6 is 15.9 Å². The van der Waals surface area contributed by atoms with Crippen LogP contribution in [0.5, 0.6) is 0 Å². The number of rotatable bonds is 7. The highest BCUT2D eigenvalue weighted by Gasteiger charge is 2.26. The molecular weight excluding hydrogens is 334 g/mol. The number of nitrogens with zero attached hydrogens (tertiary/aromatic N) is 2. The van der Waals surface area contributed by atoms with Crippen molar-refractivity contribution in [3.63, 3.8) is 0 Å². The van der Waals surface area contributed by atoms with Crippen LogP contribution in [0, 0.1) is 0 Å². The number of aliphatic hydroxyl groups excluding tert-OH is 1. The number of hydrogen-bond donors (Lipinski definition) is 2. The van der Waals surface area contributed by atoms with Crippen LogP contribution in [0.2, 0.25) is 0 Å². The summed E-state index contributed by atoms with van der Waals surface area (Å²) < 4.78 is 26.8. The fourth-order valence-corrected chi connectivity index (χ4v) is 3.68. The number of aliphatic hydroxyl groups is 1. The molecule has 0 atom stereocenters. The molecule has 8 heteroatoms. The Labute approximate surface area is 122 Å². The first-order valence-electron chi connectivity index (χ1n) is 5.97. The number of hydrogen-bond acceptors (Lipinski definition) is 5. The molecular formula is C11H18BrN3O3S. The summed E-state index contributed by atoms with van der Waals surface area (Å²) >= 11 is 3.23. The van der Waals surface area contributed by atoms with Gasteiger partial charge in [-0.25, -0.2) is 13.4 Å². The molecule has 0 aromatic carbocycles. The second kappa shape index (κ2) is 7.18. The van der Waals surface area contributed by atoms with Crippen molar-refractivity contribution in [3.8, 4) is 0 Å². The molecule has 6 nitrogen and oxygen atoms in total. The van der Waals surface area contributed by atoms with Crippen LogP contribution in [0.1, 0.15) is 13.8 Å². The maximum atomic E-state index is 12.5. The van der Waals surface area contributed by atoms with E-state index in [4.69, 9.17) is 5.11 Å². The van der Waals surface area contributed by atoms with Gasteiger partial charge < -0.3 is 10.4 Å². The van der Waals surface area contributed by atoms with Gasteiger partial charge in [-0.3, -0.25) is 0 Å². The fourth-order valence-electron chi connectivity index (χ4n) is 1.62. The van der Waals surface area contributed by atoms with Crippen molar-refractivity contribution in [1.29, 1.82) is 0 Å². The molecule has 108 valence electrons. The molecule has 1 aromatic heterocycles. The van der Waals surface area contributed by atoms with Gasteiger partial charge in [-0.1, -0.05) is 6.92 Å². The van der Waals surface area contributed by atoms with Crippen molar-refractivity contribution in [1.82, 2.24) is 9.29 Å². The summed E-state index contributed by atoms with van der Waals surface area (Å²) in [6.07, 6.45) is 1.54. The van der Waals surface area contributed by atoms with Gasteiger partial charge in [0.05, 0.1) is 6.61 Å². The molecule has 0 spiro atoms. The number of anilines is 1. The van der Waals surface area contributed by atoms with E-state index in [0.717, 1.165) is 0 Å². The van der Waals surface area contributed by atoms with Gasteiger partial charge in [-0.2, -0.15) is 4.31 Å². The normalized spacial score (nSPS) is 11.8. The van der Waals surface area contributed by atoms with Crippen LogP contribution in [0.15, 0.2) is 21.6 Å². The number of likely N-dealkylation sites (N-methyl/N-ethyl adjacent to an activating group) is 1. The van der Waals surface area contributed by atoms with Crippen LogP contribution in [-0.4, -0.2) is 49.1 Å². The van der Waals surface area contributed by atoms with Gasteiger partial charge in [0.15, 0.2) is 0 Å². The highest BCUT2D eigenvalue weighted by molar-refractivity contribution is 9.10. The third-order valence-electron chi connectivity index (χ3n) is 2.48. The lowest BCUT2D eigenvalue weighted by Gasteiger charge is -2.21. The zero-order chi connectivity index (χ0) is 14.5. The van der Waals surface area contributed by atoms with Crippen LogP contribution < -0.4 is 5.32 Å². The monoisotopic (exact) mass is 351 g/mol. The van der Waals surface area contributed by atoms with Crippen molar-refractivity contribution in [3.05, 3.63) is 16.7 Å². The van der Waals surface area contributed by atoms with Gasteiger partial charge in [-0.15, -0.1) is 0 Å². The minimum Gasteiger partial charge on any atom is -0.395 e. The molecule has 0 unspecified atom stereocenters. The highest BCUT2D eigenvalue weighted by atomic mass is 79.9. The lowest BCUT2D eigenvalue weighted by atomic mass is 10.4. The number of halogens is 1. The second-order valence-electron chi connectivity index (χ2n) is 3.75. The van der Waals surface area contributed by atoms with E-state index in [0.29, 0.717) is 23.4 Å². The van der Waals surface area contributed by atoms with Gasteiger partial charge in [-0.05, 0) is 28.9 Å². The molecule has 19 heavy (non-hydrogen) atoms. The lowest BCUT2D eigenvalue weighted by Crippen LogP contribution is -2.34. The molecule has 0 aliphatic carbocycles. The minimum absolute atomic E-state index is 0.0664. The topological polar surface area (TPSA) is 82.5 Å². The smallest absolute Gasteiger partial charge is 0.246 e. The average Bonchev–Trinajstić information content (AvgIpc) is 2.38. The Kier molecular flexibility index (Phi) is 6.18. The number of pyridine rings is 1. The Morgan fingerprint density at radius 2 is 2.16 bits per heavy atom. The maximum Gasteiger partial charge on any atom is 0.246 e. The summed E-state index contributed by atoms with van der Waals surface area (Å²) in [4.78, 5) is 4.19. The summed E-state index contributed by atoms with van der Waals surface area (Å²) in [5.41, 5.74) is 0. The quantitative estimate of drug-likeness (QED) is 0.773. The number of nitrogens with one attached hydrogen (secondary N) is 1. The first kappa shape index (κ1) is 16.4. The number of sulfonamides is 1. The Morgan fingerprint density at radius 3 is 2.68 bits per heavy atom. The van der Waals surface area contributed by atoms with Crippen LogP contribution in [0.3, 0.4) is 0 Å². The van der Waals surface area contributed by atoms with E-state index in [2.05, 4.69) is 26.2 Å². The van der Waals surface area contributed by atoms with E-state index < -0.39 is 10.0 Å². The van der Waals surface area contributed by atoms with Gasteiger partial charge >= 0.3 is 0 Å². The van der Waals surface area contributed by atoms with Crippen LogP contribution in [-0.2, 0) is 10.0 Å². The molecule has 1 aromatic rings. The second-order valence-corrected chi connectivity index (χ2v) is 6.57.